The van der Waals surface area contributed by atoms with Crippen molar-refractivity contribution < 1.29 is 23.7 Å². The zero-order valence-corrected chi connectivity index (χ0v) is 8.70. The molecule has 1 aromatic carbocycles. The van der Waals surface area contributed by atoms with Gasteiger partial charge in [0.05, 0.1) is 25.5 Å². The van der Waals surface area contributed by atoms with E-state index in [2.05, 4.69) is 10.1 Å². The summed E-state index contributed by atoms with van der Waals surface area (Å²) < 4.78 is 31.1. The molecule has 1 aromatic rings. The van der Waals surface area contributed by atoms with Gasteiger partial charge in [-0.05, 0) is 0 Å². The van der Waals surface area contributed by atoms with E-state index in [9.17, 15) is 8.78 Å². The van der Waals surface area contributed by atoms with Crippen LogP contribution in [0.4, 0.5) is 14.5 Å². The fraction of sp³-hybridized carbons (Fsp3) is 0.400. The van der Waals surface area contributed by atoms with Crippen molar-refractivity contribution in [1.29, 1.82) is 0 Å². The predicted molar refractivity (Wildman–Crippen MR) is 54.5 cm³/mol. The van der Waals surface area contributed by atoms with Crippen LogP contribution in [-0.2, 0) is 0 Å². The summed E-state index contributed by atoms with van der Waals surface area (Å²) in [6.45, 7) is -0.521. The van der Waals surface area contributed by atoms with Crippen LogP contribution >= 0.6 is 0 Å². The van der Waals surface area contributed by atoms with E-state index < -0.39 is 24.3 Å². The lowest BCUT2D eigenvalue weighted by atomic mass is 10.2. The van der Waals surface area contributed by atoms with Crippen LogP contribution in [0.25, 0.3) is 0 Å². The first-order valence-electron chi connectivity index (χ1n) is 4.64. The molecule has 90 valence electrons. The molecule has 0 bridgehead atoms. The molecule has 0 spiro atoms. The van der Waals surface area contributed by atoms with Crippen LogP contribution in [0.15, 0.2) is 12.1 Å². The van der Waals surface area contributed by atoms with Crippen molar-refractivity contribution in [3.8, 4) is 5.75 Å². The molecule has 1 rings (SSSR count). The van der Waals surface area contributed by atoms with Gasteiger partial charge in [0.2, 0.25) is 0 Å². The molecular weight excluding hydrogens is 220 g/mol. The quantitative estimate of drug-likeness (QED) is 0.702. The molecule has 0 radical (unpaired) electrons. The summed E-state index contributed by atoms with van der Waals surface area (Å²) in [4.78, 5) is 0. The smallest absolute Gasteiger partial charge is 0.167 e. The second-order valence-corrected chi connectivity index (χ2v) is 3.18. The van der Waals surface area contributed by atoms with E-state index in [1.165, 1.54) is 7.11 Å². The summed E-state index contributed by atoms with van der Waals surface area (Å²) in [6, 6.07) is 1.83. The predicted octanol–water partition coefficient (Wildman–Crippen LogP) is 0.738. The minimum Gasteiger partial charge on any atom is -0.494 e. The number of aliphatic hydroxyl groups excluding tert-OH is 2. The zero-order valence-electron chi connectivity index (χ0n) is 8.70. The summed E-state index contributed by atoms with van der Waals surface area (Å²) in [5.41, 5.74) is -0.0919. The summed E-state index contributed by atoms with van der Waals surface area (Å²) in [5, 5.41) is 20.0. The minimum absolute atomic E-state index is 0.0702. The number of methoxy groups -OCH3 is 1. The molecule has 0 saturated carbocycles. The van der Waals surface area contributed by atoms with Crippen molar-refractivity contribution in [2.45, 2.75) is 6.10 Å². The first-order valence-corrected chi connectivity index (χ1v) is 4.64. The van der Waals surface area contributed by atoms with Crippen molar-refractivity contribution in [3.05, 3.63) is 23.8 Å². The van der Waals surface area contributed by atoms with Crippen molar-refractivity contribution >= 4 is 5.69 Å². The number of ether oxygens (including phenoxy) is 1. The number of hydrogen-bond donors (Lipinski definition) is 3. The molecule has 0 saturated heterocycles. The molecule has 0 fully saturated rings. The summed E-state index contributed by atoms with van der Waals surface area (Å²) >= 11 is 0. The summed E-state index contributed by atoms with van der Waals surface area (Å²) in [7, 11) is 1.24. The molecule has 16 heavy (non-hydrogen) atoms. The van der Waals surface area contributed by atoms with Gasteiger partial charge in [-0.25, -0.2) is 8.78 Å². The Bertz CT molecular complexity index is 360. The molecule has 3 N–H and O–H groups in total. The van der Waals surface area contributed by atoms with E-state index in [1.807, 2.05) is 0 Å². The standard InChI is InChI=1S/C10H13F2NO3/c1-16-10-3-7(11)9(2-8(10)12)13-4-6(15)5-14/h2-3,6,13-15H,4-5H2,1H3. The molecule has 0 amide bonds. The van der Waals surface area contributed by atoms with E-state index in [-0.39, 0.29) is 18.0 Å². The van der Waals surface area contributed by atoms with Gasteiger partial charge in [0, 0.05) is 18.7 Å². The van der Waals surface area contributed by atoms with Crippen LogP contribution in [-0.4, -0.2) is 36.6 Å². The molecule has 0 aliphatic rings. The number of rotatable bonds is 5. The molecule has 1 unspecified atom stereocenters. The number of halogens is 2. The Morgan fingerprint density at radius 2 is 2.06 bits per heavy atom. The van der Waals surface area contributed by atoms with Crippen LogP contribution in [0.2, 0.25) is 0 Å². The maximum Gasteiger partial charge on any atom is 0.167 e. The topological polar surface area (TPSA) is 61.7 Å². The largest absolute Gasteiger partial charge is 0.494 e. The Kier molecular flexibility index (Phi) is 4.45. The molecular formula is C10H13F2NO3. The highest BCUT2D eigenvalue weighted by molar-refractivity contribution is 5.48. The highest BCUT2D eigenvalue weighted by Gasteiger charge is 2.11. The van der Waals surface area contributed by atoms with Crippen LogP contribution in [0, 0.1) is 11.6 Å². The van der Waals surface area contributed by atoms with Gasteiger partial charge in [0.15, 0.2) is 11.6 Å². The normalized spacial score (nSPS) is 12.3. The minimum atomic E-state index is -1.02. The Hall–Kier alpha value is -1.40. The number of benzene rings is 1. The van der Waals surface area contributed by atoms with Crippen molar-refractivity contribution in [2.24, 2.45) is 0 Å². The Morgan fingerprint density at radius 3 is 2.62 bits per heavy atom. The molecule has 0 aromatic heterocycles. The average Bonchev–Trinajstić information content (AvgIpc) is 2.29. The van der Waals surface area contributed by atoms with Crippen LogP contribution in [0.1, 0.15) is 0 Å². The summed E-state index contributed by atoms with van der Waals surface area (Å²) in [6.07, 6.45) is -1.02. The molecule has 0 aliphatic heterocycles. The van der Waals surface area contributed by atoms with E-state index in [0.29, 0.717) is 0 Å². The monoisotopic (exact) mass is 233 g/mol. The third-order valence-corrected chi connectivity index (χ3v) is 1.98. The highest BCUT2D eigenvalue weighted by Crippen LogP contribution is 2.24. The van der Waals surface area contributed by atoms with Crippen LogP contribution in [0.3, 0.4) is 0 Å². The molecule has 0 aliphatic carbocycles. The average molecular weight is 233 g/mol. The SMILES string of the molecule is COc1cc(F)c(NCC(O)CO)cc1F. The fourth-order valence-electron chi connectivity index (χ4n) is 1.11. The van der Waals surface area contributed by atoms with E-state index >= 15 is 0 Å². The lowest BCUT2D eigenvalue weighted by molar-refractivity contribution is 0.105. The van der Waals surface area contributed by atoms with Gasteiger partial charge in [-0.2, -0.15) is 0 Å². The lowest BCUT2D eigenvalue weighted by Crippen LogP contribution is -2.23. The van der Waals surface area contributed by atoms with E-state index in [0.717, 1.165) is 12.1 Å². The summed E-state index contributed by atoms with van der Waals surface area (Å²) in [5.74, 6) is -1.58. The number of aliphatic hydroxyl groups is 2. The van der Waals surface area contributed by atoms with Gasteiger partial charge in [-0.1, -0.05) is 0 Å². The van der Waals surface area contributed by atoms with E-state index in [1.54, 1.807) is 0 Å². The Morgan fingerprint density at radius 1 is 1.38 bits per heavy atom. The molecule has 6 heteroatoms. The number of nitrogens with one attached hydrogen (secondary N) is 1. The van der Waals surface area contributed by atoms with Crippen molar-refractivity contribution in [3.63, 3.8) is 0 Å². The Labute approximate surface area is 91.5 Å². The number of anilines is 1. The first-order chi connectivity index (χ1) is 7.58. The third kappa shape index (κ3) is 3.04. The Balaban J connectivity index is 2.77. The van der Waals surface area contributed by atoms with Crippen LogP contribution in [0.5, 0.6) is 5.75 Å². The second-order valence-electron chi connectivity index (χ2n) is 3.18. The first kappa shape index (κ1) is 12.7. The highest BCUT2D eigenvalue weighted by atomic mass is 19.1. The molecule has 4 nitrogen and oxygen atoms in total. The maximum atomic E-state index is 13.3. The van der Waals surface area contributed by atoms with Gasteiger partial charge in [0.25, 0.3) is 0 Å². The van der Waals surface area contributed by atoms with Gasteiger partial charge in [-0.3, -0.25) is 0 Å². The second kappa shape index (κ2) is 5.62. The van der Waals surface area contributed by atoms with Crippen molar-refractivity contribution in [1.82, 2.24) is 0 Å². The fourth-order valence-corrected chi connectivity index (χ4v) is 1.11. The van der Waals surface area contributed by atoms with Gasteiger partial charge < -0.3 is 20.3 Å². The zero-order chi connectivity index (χ0) is 12.1. The van der Waals surface area contributed by atoms with Crippen molar-refractivity contribution in [2.75, 3.05) is 25.6 Å². The van der Waals surface area contributed by atoms with Crippen LogP contribution < -0.4 is 10.1 Å². The molecule has 1 atom stereocenters. The van der Waals surface area contributed by atoms with Gasteiger partial charge in [-0.15, -0.1) is 0 Å². The van der Waals surface area contributed by atoms with Gasteiger partial charge in [0.1, 0.15) is 5.82 Å². The van der Waals surface area contributed by atoms with Gasteiger partial charge >= 0.3 is 0 Å². The maximum absolute atomic E-state index is 13.3. The van der Waals surface area contributed by atoms with E-state index in [4.69, 9.17) is 10.2 Å². The molecule has 0 heterocycles. The number of hydrogen-bond acceptors (Lipinski definition) is 4. The lowest BCUT2D eigenvalue weighted by Gasteiger charge is -2.12. The third-order valence-electron chi connectivity index (χ3n) is 1.98.